The molecule has 3 heterocycles. The highest BCUT2D eigenvalue weighted by molar-refractivity contribution is 7.87. The largest absolute Gasteiger partial charge is 0.472 e. The molecule has 4 amide bonds. The summed E-state index contributed by atoms with van der Waals surface area (Å²) in [4.78, 5) is 60.6. The number of benzene rings is 1. The molecule has 2 fully saturated rings. The van der Waals surface area contributed by atoms with Crippen LogP contribution in [0.1, 0.15) is 52.0 Å². The predicted octanol–water partition coefficient (Wildman–Crippen LogP) is 2.51. The lowest BCUT2D eigenvalue weighted by molar-refractivity contribution is -0.142. The molecule has 4 bridgehead atoms. The van der Waals surface area contributed by atoms with E-state index in [2.05, 4.69) is 22.2 Å². The summed E-state index contributed by atoms with van der Waals surface area (Å²) in [5.41, 5.74) is -1.46. The summed E-state index contributed by atoms with van der Waals surface area (Å²) >= 11 is 0. The summed E-state index contributed by atoms with van der Waals surface area (Å²) in [6, 6.07) is 5.51. The van der Waals surface area contributed by atoms with Crippen molar-refractivity contribution >= 4 is 50.9 Å². The van der Waals surface area contributed by atoms with Crippen molar-refractivity contribution in [1.29, 1.82) is 0 Å². The van der Waals surface area contributed by atoms with E-state index < -0.39 is 69.1 Å². The predicted molar refractivity (Wildman–Crippen MR) is 182 cm³/mol. The van der Waals surface area contributed by atoms with E-state index in [9.17, 15) is 27.6 Å². The van der Waals surface area contributed by atoms with Crippen molar-refractivity contribution in [3.63, 3.8) is 0 Å². The number of hydrogen-bond donors (Lipinski definition) is 3. The normalized spacial score (nSPS) is 26.3. The van der Waals surface area contributed by atoms with Crippen LogP contribution in [0.25, 0.3) is 16.8 Å². The molecule has 0 spiro atoms. The Hall–Kier alpha value is -4.50. The second-order valence-electron chi connectivity index (χ2n) is 13.9. The number of amides is 4. The third-order valence-electron chi connectivity index (χ3n) is 9.07. The molecule has 3 aliphatic rings. The molecule has 1 saturated heterocycles. The van der Waals surface area contributed by atoms with Crippen molar-refractivity contribution in [3.8, 4) is 5.88 Å². The fourth-order valence-electron chi connectivity index (χ4n) is 6.09. The average Bonchev–Trinajstić information content (AvgIpc) is 3.59. The third-order valence-corrected chi connectivity index (χ3v) is 10.5. The molecular formula is C34H44N6O8S. The van der Waals surface area contributed by atoms with Crippen molar-refractivity contribution in [1.82, 2.24) is 29.5 Å². The lowest BCUT2D eigenvalue weighted by atomic mass is 9.85. The molecule has 0 radical (unpaired) electrons. The van der Waals surface area contributed by atoms with Crippen LogP contribution in [0.3, 0.4) is 0 Å². The number of aromatic nitrogens is 1. The number of alkyl carbamates (subject to hydrolysis) is 1. The Labute approximate surface area is 286 Å². The first-order valence-electron chi connectivity index (χ1n) is 16.2. The minimum atomic E-state index is -4.16. The van der Waals surface area contributed by atoms with Gasteiger partial charge in [-0.2, -0.15) is 12.7 Å². The topological polar surface area (TPSA) is 176 Å². The van der Waals surface area contributed by atoms with Gasteiger partial charge in [0.15, 0.2) is 0 Å². The number of allylic oxidation sites excluding steroid dienone is 1. The lowest BCUT2D eigenvalue weighted by Crippen LogP contribution is -2.60. The van der Waals surface area contributed by atoms with Gasteiger partial charge >= 0.3 is 16.3 Å². The smallest absolute Gasteiger partial charge is 0.407 e. The standard InChI is InChI=1S/C34H44N6O8S/c1-7-23-19-34(23,31(43)38-49(45,46)39(5)6)37-28(41)26-18-24-20-40(26)30(42)27(33(2,3)4)36-32(44)47-16-10-8-9-11-21-12-13-22-14-15-35-29(48-24)25(22)17-21/h7,9,11-15,17,23-24,26-27H,1,8,10,16,18-20H2,2-6H3,(H,36,44)(H,37,41)(H,38,43)/t23-,24-,26+,27-,34-/m1/s1. The van der Waals surface area contributed by atoms with E-state index in [4.69, 9.17) is 9.47 Å². The van der Waals surface area contributed by atoms with Gasteiger partial charge in [-0.25, -0.2) is 14.5 Å². The van der Waals surface area contributed by atoms with Crippen LogP contribution in [0, 0.1) is 11.3 Å². The molecule has 2 aromatic rings. The van der Waals surface area contributed by atoms with Crippen LogP contribution < -0.4 is 20.1 Å². The maximum atomic E-state index is 14.3. The molecular weight excluding hydrogens is 652 g/mol. The molecule has 5 rings (SSSR count). The Kier molecular flexibility index (Phi) is 10.1. The molecule has 15 heteroatoms. The number of fused-ring (bicyclic) bond motifs is 3. The van der Waals surface area contributed by atoms with Crippen LogP contribution in [0.2, 0.25) is 0 Å². The molecule has 1 aromatic heterocycles. The van der Waals surface area contributed by atoms with Crippen LogP contribution in [0.15, 0.2) is 49.2 Å². The van der Waals surface area contributed by atoms with Crippen LogP contribution in [0.4, 0.5) is 4.79 Å². The zero-order chi connectivity index (χ0) is 35.7. The number of pyridine rings is 1. The summed E-state index contributed by atoms with van der Waals surface area (Å²) in [5, 5.41) is 7.10. The number of nitrogens with one attached hydrogen (secondary N) is 3. The van der Waals surface area contributed by atoms with Gasteiger partial charge in [0.05, 0.1) is 13.2 Å². The molecule has 49 heavy (non-hydrogen) atoms. The van der Waals surface area contributed by atoms with Crippen molar-refractivity contribution < 1.29 is 37.1 Å². The summed E-state index contributed by atoms with van der Waals surface area (Å²) in [7, 11) is -1.62. The van der Waals surface area contributed by atoms with Gasteiger partial charge in [-0.15, -0.1) is 6.58 Å². The van der Waals surface area contributed by atoms with Gasteiger partial charge in [-0.3, -0.25) is 14.4 Å². The number of cyclic esters (lactones) is 1. The molecule has 14 nitrogen and oxygen atoms in total. The van der Waals surface area contributed by atoms with Crippen LogP contribution in [0.5, 0.6) is 5.88 Å². The highest BCUT2D eigenvalue weighted by Crippen LogP contribution is 2.45. The number of nitrogens with zero attached hydrogens (tertiary/aromatic N) is 3. The van der Waals surface area contributed by atoms with Crippen molar-refractivity contribution in [2.45, 2.75) is 70.2 Å². The molecule has 2 aliphatic heterocycles. The van der Waals surface area contributed by atoms with Crippen molar-refractivity contribution in [3.05, 3.63) is 54.8 Å². The molecule has 1 aromatic carbocycles. The van der Waals surface area contributed by atoms with Gasteiger partial charge in [0.2, 0.25) is 17.7 Å². The van der Waals surface area contributed by atoms with Crippen molar-refractivity contribution in [2.24, 2.45) is 11.3 Å². The summed E-state index contributed by atoms with van der Waals surface area (Å²) in [6.07, 6.45) is 6.96. The minimum Gasteiger partial charge on any atom is -0.472 e. The second-order valence-corrected chi connectivity index (χ2v) is 15.8. The van der Waals surface area contributed by atoms with Gasteiger partial charge in [0.1, 0.15) is 23.7 Å². The van der Waals surface area contributed by atoms with Crippen LogP contribution in [-0.2, 0) is 29.3 Å². The van der Waals surface area contributed by atoms with Gasteiger partial charge < -0.3 is 25.0 Å². The Morgan fingerprint density at radius 2 is 1.96 bits per heavy atom. The Bertz CT molecular complexity index is 1790. The van der Waals surface area contributed by atoms with Gasteiger partial charge in [0, 0.05) is 38.0 Å². The number of hydrogen-bond acceptors (Lipinski definition) is 9. The number of carbonyl (C=O) groups is 4. The molecule has 0 unspecified atom stereocenters. The van der Waals surface area contributed by atoms with E-state index in [1.807, 2.05) is 41.1 Å². The fraction of sp³-hybridized carbons (Fsp3) is 0.500. The molecule has 264 valence electrons. The summed E-state index contributed by atoms with van der Waals surface area (Å²) in [6.45, 7) is 9.20. The molecule has 5 atom stereocenters. The maximum Gasteiger partial charge on any atom is 0.407 e. The van der Waals surface area contributed by atoms with Crippen LogP contribution >= 0.6 is 0 Å². The monoisotopic (exact) mass is 696 g/mol. The number of rotatable bonds is 6. The quantitative estimate of drug-likeness (QED) is 0.383. The number of ether oxygens (including phenoxy) is 2. The zero-order valence-electron chi connectivity index (χ0n) is 28.4. The van der Waals surface area contributed by atoms with E-state index in [-0.39, 0.29) is 26.0 Å². The Balaban J connectivity index is 1.51. The van der Waals surface area contributed by atoms with E-state index in [1.54, 1.807) is 27.0 Å². The second kappa shape index (κ2) is 13.8. The SMILES string of the molecule is C=C[C@@H]1C[C@]1(NC(=O)[C@@H]1C[C@@H]2CN1C(=O)[C@H](C(C)(C)C)NC(=O)OCCCC=Cc1ccc3ccnc(c3c1)O2)C(=O)NS(=O)(=O)N(C)C. The van der Waals surface area contributed by atoms with E-state index in [0.717, 1.165) is 20.6 Å². The van der Waals surface area contributed by atoms with Gasteiger partial charge in [-0.05, 0) is 47.8 Å². The van der Waals surface area contributed by atoms with E-state index in [0.29, 0.717) is 18.7 Å². The zero-order valence-corrected chi connectivity index (χ0v) is 29.2. The Morgan fingerprint density at radius 1 is 1.20 bits per heavy atom. The first kappa shape index (κ1) is 35.8. The minimum absolute atomic E-state index is 0.0307. The lowest BCUT2D eigenvalue weighted by Gasteiger charge is -2.35. The van der Waals surface area contributed by atoms with Crippen LogP contribution in [-0.4, -0.2) is 97.4 Å². The molecule has 3 N–H and O–H groups in total. The molecule has 1 aliphatic carbocycles. The first-order valence-corrected chi connectivity index (χ1v) is 17.6. The van der Waals surface area contributed by atoms with E-state index in [1.165, 1.54) is 25.1 Å². The fourth-order valence-corrected chi connectivity index (χ4v) is 6.68. The van der Waals surface area contributed by atoms with Gasteiger partial charge in [0.25, 0.3) is 5.91 Å². The maximum absolute atomic E-state index is 14.3. The summed E-state index contributed by atoms with van der Waals surface area (Å²) in [5.74, 6) is -2.35. The first-order chi connectivity index (χ1) is 23.1. The van der Waals surface area contributed by atoms with Crippen molar-refractivity contribution in [2.75, 3.05) is 27.2 Å². The Morgan fingerprint density at radius 3 is 2.63 bits per heavy atom. The van der Waals surface area contributed by atoms with E-state index >= 15 is 0 Å². The molecule has 1 saturated carbocycles. The summed E-state index contributed by atoms with van der Waals surface area (Å²) < 4.78 is 39.7. The third kappa shape index (κ3) is 7.72. The number of carbonyl (C=O) groups excluding carboxylic acids is 4. The average molecular weight is 697 g/mol. The van der Waals surface area contributed by atoms with Gasteiger partial charge in [-0.1, -0.05) is 51.1 Å². The highest BCUT2D eigenvalue weighted by atomic mass is 32.2. The highest BCUT2D eigenvalue weighted by Gasteiger charge is 2.61.